The maximum Gasteiger partial charge on any atom is 0.214 e. The molecule has 1 unspecified atom stereocenters. The molecule has 1 aliphatic heterocycles. The van der Waals surface area contributed by atoms with Crippen molar-refractivity contribution >= 4 is 0 Å². The summed E-state index contributed by atoms with van der Waals surface area (Å²) in [6.45, 7) is 5.54. The molecule has 2 rings (SSSR count). The molecule has 0 amide bonds. The zero-order valence-electron chi connectivity index (χ0n) is 10.3. The van der Waals surface area contributed by atoms with Gasteiger partial charge in [-0.05, 0) is 17.5 Å². The van der Waals surface area contributed by atoms with Gasteiger partial charge >= 0.3 is 0 Å². The minimum Gasteiger partial charge on any atom is -0.472 e. The van der Waals surface area contributed by atoms with Crippen LogP contribution in [0.4, 0.5) is 0 Å². The van der Waals surface area contributed by atoms with Crippen LogP contribution in [0, 0.1) is 0 Å². The fourth-order valence-electron chi connectivity index (χ4n) is 1.81. The van der Waals surface area contributed by atoms with Gasteiger partial charge < -0.3 is 14.6 Å². The second kappa shape index (κ2) is 5.47. The van der Waals surface area contributed by atoms with Gasteiger partial charge in [0, 0.05) is 18.2 Å². The molecule has 4 nitrogen and oxygen atoms in total. The normalized spacial score (nSPS) is 19.9. The third-order valence-corrected chi connectivity index (χ3v) is 2.83. The van der Waals surface area contributed by atoms with E-state index >= 15 is 0 Å². The minimum atomic E-state index is 0.0137. The van der Waals surface area contributed by atoms with E-state index in [-0.39, 0.29) is 12.7 Å². The number of ether oxygens (including phenoxy) is 2. The third-order valence-electron chi connectivity index (χ3n) is 2.83. The number of aliphatic hydroxyl groups is 1. The van der Waals surface area contributed by atoms with E-state index in [0.29, 0.717) is 18.4 Å². The van der Waals surface area contributed by atoms with Gasteiger partial charge in [-0.15, -0.1) is 0 Å². The third kappa shape index (κ3) is 3.17. The summed E-state index contributed by atoms with van der Waals surface area (Å²) in [4.78, 5) is 4.46. The topological polar surface area (TPSA) is 51.6 Å². The highest BCUT2D eigenvalue weighted by molar-refractivity contribution is 5.26. The lowest BCUT2D eigenvalue weighted by atomic mass is 10.1. The standard InChI is InChI=1S/C13H19NO3/c1-9(2)12-5-10(7-15)6-13(14-12)17-11-3-4-16-8-11/h5-6,9,11,15H,3-4,7-8H2,1-2H3. The Bertz CT molecular complexity index is 373. The van der Waals surface area contributed by atoms with E-state index in [2.05, 4.69) is 18.8 Å². The van der Waals surface area contributed by atoms with Crippen molar-refractivity contribution in [3.8, 4) is 5.88 Å². The fraction of sp³-hybridized carbons (Fsp3) is 0.615. The van der Waals surface area contributed by atoms with E-state index < -0.39 is 0 Å². The molecule has 0 aliphatic carbocycles. The number of rotatable bonds is 4. The Morgan fingerprint density at radius 1 is 1.53 bits per heavy atom. The number of hydrogen-bond donors (Lipinski definition) is 1. The van der Waals surface area contributed by atoms with E-state index in [1.54, 1.807) is 6.07 Å². The molecule has 0 aromatic carbocycles. The molecule has 17 heavy (non-hydrogen) atoms. The van der Waals surface area contributed by atoms with Gasteiger partial charge in [0.05, 0.1) is 19.8 Å². The first-order valence-corrected chi connectivity index (χ1v) is 6.05. The molecule has 1 aromatic rings. The molecule has 1 aliphatic rings. The number of aliphatic hydroxyl groups excluding tert-OH is 1. The largest absolute Gasteiger partial charge is 0.472 e. The lowest BCUT2D eigenvalue weighted by Gasteiger charge is -2.14. The quantitative estimate of drug-likeness (QED) is 0.868. The first-order valence-electron chi connectivity index (χ1n) is 6.05. The van der Waals surface area contributed by atoms with Crippen LogP contribution in [-0.4, -0.2) is 29.4 Å². The molecule has 4 heteroatoms. The van der Waals surface area contributed by atoms with Gasteiger partial charge in [0.15, 0.2) is 0 Å². The molecule has 1 saturated heterocycles. The Balaban J connectivity index is 2.16. The lowest BCUT2D eigenvalue weighted by molar-refractivity contribution is 0.137. The van der Waals surface area contributed by atoms with Crippen molar-refractivity contribution in [3.63, 3.8) is 0 Å². The van der Waals surface area contributed by atoms with Crippen molar-refractivity contribution in [2.24, 2.45) is 0 Å². The summed E-state index contributed by atoms with van der Waals surface area (Å²) in [7, 11) is 0. The van der Waals surface area contributed by atoms with E-state index in [9.17, 15) is 5.11 Å². The molecule has 1 aromatic heterocycles. The summed E-state index contributed by atoms with van der Waals surface area (Å²) < 4.78 is 11.0. The second-order valence-electron chi connectivity index (χ2n) is 4.65. The van der Waals surface area contributed by atoms with Crippen molar-refractivity contribution in [2.75, 3.05) is 13.2 Å². The van der Waals surface area contributed by atoms with Crippen LogP contribution in [0.15, 0.2) is 12.1 Å². The predicted molar refractivity (Wildman–Crippen MR) is 64.1 cm³/mol. The molecule has 2 heterocycles. The smallest absolute Gasteiger partial charge is 0.214 e. The highest BCUT2D eigenvalue weighted by Crippen LogP contribution is 2.21. The maximum absolute atomic E-state index is 9.22. The van der Waals surface area contributed by atoms with Crippen molar-refractivity contribution in [2.45, 2.75) is 38.9 Å². The van der Waals surface area contributed by atoms with E-state index in [4.69, 9.17) is 9.47 Å². The summed E-state index contributed by atoms with van der Waals surface area (Å²) in [5.41, 5.74) is 1.79. The molecule has 1 fully saturated rings. The molecule has 0 radical (unpaired) electrons. The Morgan fingerprint density at radius 2 is 2.35 bits per heavy atom. The Labute approximate surface area is 102 Å². The Kier molecular flexibility index (Phi) is 3.97. The molecule has 94 valence electrons. The first kappa shape index (κ1) is 12.3. The zero-order chi connectivity index (χ0) is 12.3. The van der Waals surface area contributed by atoms with Crippen molar-refractivity contribution in [3.05, 3.63) is 23.4 Å². The first-order chi connectivity index (χ1) is 8.19. The summed E-state index contributed by atoms with van der Waals surface area (Å²) in [5.74, 6) is 0.916. The fourth-order valence-corrected chi connectivity index (χ4v) is 1.81. The van der Waals surface area contributed by atoms with Gasteiger partial charge in [0.2, 0.25) is 5.88 Å². The van der Waals surface area contributed by atoms with Gasteiger partial charge in [-0.1, -0.05) is 13.8 Å². The molecule has 1 atom stereocenters. The summed E-state index contributed by atoms with van der Waals surface area (Å²) in [6, 6.07) is 3.72. The molecular weight excluding hydrogens is 218 g/mol. The van der Waals surface area contributed by atoms with Gasteiger partial charge in [-0.2, -0.15) is 0 Å². The van der Waals surface area contributed by atoms with Crippen LogP contribution >= 0.6 is 0 Å². The number of hydrogen-bond acceptors (Lipinski definition) is 4. The number of pyridine rings is 1. The average Bonchev–Trinajstić information content (AvgIpc) is 2.81. The van der Waals surface area contributed by atoms with Gasteiger partial charge in [-0.25, -0.2) is 4.98 Å². The van der Waals surface area contributed by atoms with Crippen LogP contribution in [0.25, 0.3) is 0 Å². The summed E-state index contributed by atoms with van der Waals surface area (Å²) in [6.07, 6.45) is 0.999. The number of aromatic nitrogens is 1. The van der Waals surface area contributed by atoms with Crippen molar-refractivity contribution in [1.82, 2.24) is 4.98 Å². The second-order valence-corrected chi connectivity index (χ2v) is 4.65. The van der Waals surface area contributed by atoms with Crippen LogP contribution in [0.3, 0.4) is 0 Å². The van der Waals surface area contributed by atoms with E-state index in [1.165, 1.54) is 0 Å². The van der Waals surface area contributed by atoms with Crippen LogP contribution in [0.2, 0.25) is 0 Å². The highest BCUT2D eigenvalue weighted by atomic mass is 16.5. The molecular formula is C13H19NO3. The molecule has 0 spiro atoms. The van der Waals surface area contributed by atoms with E-state index in [0.717, 1.165) is 24.3 Å². The monoisotopic (exact) mass is 237 g/mol. The SMILES string of the molecule is CC(C)c1cc(CO)cc(OC2CCOC2)n1. The molecule has 0 saturated carbocycles. The van der Waals surface area contributed by atoms with Crippen LogP contribution in [0.1, 0.15) is 37.4 Å². The minimum absolute atomic E-state index is 0.0137. The Morgan fingerprint density at radius 3 is 2.94 bits per heavy atom. The predicted octanol–water partition coefficient (Wildman–Crippen LogP) is 1.86. The van der Waals surface area contributed by atoms with Crippen LogP contribution in [0.5, 0.6) is 5.88 Å². The average molecular weight is 237 g/mol. The van der Waals surface area contributed by atoms with E-state index in [1.807, 2.05) is 6.07 Å². The molecule has 1 N–H and O–H groups in total. The summed E-state index contributed by atoms with van der Waals surface area (Å²) in [5, 5.41) is 9.22. The molecule has 0 bridgehead atoms. The summed E-state index contributed by atoms with van der Waals surface area (Å²) >= 11 is 0. The van der Waals surface area contributed by atoms with Gasteiger partial charge in [0.1, 0.15) is 6.10 Å². The van der Waals surface area contributed by atoms with Crippen molar-refractivity contribution in [1.29, 1.82) is 0 Å². The number of nitrogens with zero attached hydrogens (tertiary/aromatic N) is 1. The lowest BCUT2D eigenvalue weighted by Crippen LogP contribution is -2.17. The van der Waals surface area contributed by atoms with Crippen LogP contribution < -0.4 is 4.74 Å². The van der Waals surface area contributed by atoms with Crippen LogP contribution in [-0.2, 0) is 11.3 Å². The van der Waals surface area contributed by atoms with Gasteiger partial charge in [-0.3, -0.25) is 0 Å². The maximum atomic E-state index is 9.22. The zero-order valence-corrected chi connectivity index (χ0v) is 10.3. The highest BCUT2D eigenvalue weighted by Gasteiger charge is 2.18. The van der Waals surface area contributed by atoms with Crippen molar-refractivity contribution < 1.29 is 14.6 Å². The Hall–Kier alpha value is -1.13. The van der Waals surface area contributed by atoms with Gasteiger partial charge in [0.25, 0.3) is 0 Å².